The van der Waals surface area contributed by atoms with Crippen molar-refractivity contribution in [2.45, 2.75) is 31.3 Å². The molecule has 1 aromatic rings. The van der Waals surface area contributed by atoms with Crippen LogP contribution in [0.2, 0.25) is 0 Å². The minimum Gasteiger partial charge on any atom is -0.336 e. The number of hydrogen-bond donors (Lipinski definition) is 1. The van der Waals surface area contributed by atoms with Gasteiger partial charge in [0.1, 0.15) is 4.88 Å². The van der Waals surface area contributed by atoms with Crippen LogP contribution in [0.1, 0.15) is 28.9 Å². The molecule has 17 heavy (non-hydrogen) atoms. The molecule has 2 aliphatic rings. The molecular formula is C12H15BrN2OS. The molecule has 0 radical (unpaired) electrons. The van der Waals surface area contributed by atoms with Gasteiger partial charge < -0.3 is 10.2 Å². The number of hydrogen-bond acceptors (Lipinski definition) is 3. The molecule has 1 N–H and O–H groups in total. The van der Waals surface area contributed by atoms with Crippen molar-refractivity contribution in [3.8, 4) is 0 Å². The van der Waals surface area contributed by atoms with Crippen molar-refractivity contribution in [1.82, 2.24) is 10.2 Å². The molecule has 2 atom stereocenters. The molecule has 1 aromatic heterocycles. The Hall–Kier alpha value is -0.390. The van der Waals surface area contributed by atoms with Gasteiger partial charge in [-0.3, -0.25) is 4.79 Å². The standard InChI is InChI=1S/C12H15BrN2OS/c13-10-4-6-17-11(10)12(16)15-5-3-8-1-2-9(7-15)14-8/h4,6,8-9,14H,1-3,5,7H2. The van der Waals surface area contributed by atoms with Crippen LogP contribution in [0.25, 0.3) is 0 Å². The SMILES string of the molecule is O=C(c1sccc1Br)N1CCC2CCC(C1)N2. The number of amides is 1. The third kappa shape index (κ3) is 2.28. The number of halogens is 1. The smallest absolute Gasteiger partial charge is 0.265 e. The third-order valence-electron chi connectivity index (χ3n) is 3.62. The van der Waals surface area contributed by atoms with Crippen LogP contribution in [-0.4, -0.2) is 36.0 Å². The minimum atomic E-state index is 0.182. The maximum atomic E-state index is 12.4. The van der Waals surface area contributed by atoms with Crippen molar-refractivity contribution < 1.29 is 4.79 Å². The summed E-state index contributed by atoms with van der Waals surface area (Å²) >= 11 is 4.96. The number of carbonyl (C=O) groups is 1. The van der Waals surface area contributed by atoms with Gasteiger partial charge in [-0.15, -0.1) is 11.3 Å². The van der Waals surface area contributed by atoms with E-state index in [0.29, 0.717) is 12.1 Å². The highest BCUT2D eigenvalue weighted by Crippen LogP contribution is 2.27. The van der Waals surface area contributed by atoms with Crippen LogP contribution in [0, 0.1) is 0 Å². The van der Waals surface area contributed by atoms with Crippen LogP contribution in [0.5, 0.6) is 0 Å². The molecule has 2 aliphatic heterocycles. The fourth-order valence-electron chi connectivity index (χ4n) is 2.72. The van der Waals surface area contributed by atoms with Crippen LogP contribution >= 0.6 is 27.3 Å². The number of fused-ring (bicyclic) bond motifs is 2. The summed E-state index contributed by atoms with van der Waals surface area (Å²) in [7, 11) is 0. The molecule has 1 amide bonds. The van der Waals surface area contributed by atoms with Gasteiger partial charge in [-0.25, -0.2) is 0 Å². The highest BCUT2D eigenvalue weighted by atomic mass is 79.9. The zero-order chi connectivity index (χ0) is 11.8. The van der Waals surface area contributed by atoms with Crippen molar-refractivity contribution in [2.75, 3.05) is 13.1 Å². The second-order valence-electron chi connectivity index (χ2n) is 4.78. The number of thiophene rings is 1. The summed E-state index contributed by atoms with van der Waals surface area (Å²) in [5, 5.41) is 5.55. The van der Waals surface area contributed by atoms with Crippen LogP contribution in [0.15, 0.2) is 15.9 Å². The monoisotopic (exact) mass is 314 g/mol. The second kappa shape index (κ2) is 4.71. The molecule has 0 saturated carbocycles. The maximum Gasteiger partial charge on any atom is 0.265 e. The van der Waals surface area contributed by atoms with E-state index in [9.17, 15) is 4.79 Å². The van der Waals surface area contributed by atoms with Crippen molar-refractivity contribution in [3.05, 3.63) is 20.8 Å². The molecule has 3 rings (SSSR count). The molecule has 3 nitrogen and oxygen atoms in total. The molecule has 0 aliphatic carbocycles. The summed E-state index contributed by atoms with van der Waals surface area (Å²) in [6, 6.07) is 3.08. The normalized spacial score (nSPS) is 28.2. The first-order valence-corrected chi connectivity index (χ1v) is 7.69. The van der Waals surface area contributed by atoms with E-state index in [1.165, 1.54) is 24.2 Å². The third-order valence-corrected chi connectivity index (χ3v) is 5.45. The summed E-state index contributed by atoms with van der Waals surface area (Å²) in [4.78, 5) is 15.2. The molecule has 0 aromatic carbocycles. The molecule has 0 spiro atoms. The Balaban J connectivity index is 1.76. The average Bonchev–Trinajstić information content (AvgIpc) is 2.84. The van der Waals surface area contributed by atoms with Crippen molar-refractivity contribution in [2.24, 2.45) is 0 Å². The predicted molar refractivity (Wildman–Crippen MR) is 72.5 cm³/mol. The zero-order valence-corrected chi connectivity index (χ0v) is 11.9. The van der Waals surface area contributed by atoms with E-state index in [-0.39, 0.29) is 5.91 Å². The lowest BCUT2D eigenvalue weighted by molar-refractivity contribution is 0.0752. The van der Waals surface area contributed by atoms with E-state index in [2.05, 4.69) is 21.2 Å². The van der Waals surface area contributed by atoms with E-state index in [1.807, 2.05) is 16.3 Å². The van der Waals surface area contributed by atoms with E-state index in [1.54, 1.807) is 0 Å². The Morgan fingerprint density at radius 1 is 1.41 bits per heavy atom. The quantitative estimate of drug-likeness (QED) is 0.863. The first kappa shape index (κ1) is 11.7. The van der Waals surface area contributed by atoms with E-state index in [0.717, 1.165) is 28.9 Å². The van der Waals surface area contributed by atoms with Gasteiger partial charge in [-0.2, -0.15) is 0 Å². The number of nitrogens with one attached hydrogen (secondary N) is 1. The Labute approximate surface area is 113 Å². The van der Waals surface area contributed by atoms with Gasteiger partial charge in [0.25, 0.3) is 5.91 Å². The summed E-state index contributed by atoms with van der Waals surface area (Å²) in [6.07, 6.45) is 3.57. The van der Waals surface area contributed by atoms with E-state index in [4.69, 9.17) is 0 Å². The summed E-state index contributed by atoms with van der Waals surface area (Å²) in [5.74, 6) is 0.182. The second-order valence-corrected chi connectivity index (χ2v) is 6.55. The van der Waals surface area contributed by atoms with Crippen LogP contribution in [0.4, 0.5) is 0 Å². The Morgan fingerprint density at radius 2 is 2.24 bits per heavy atom. The molecule has 2 bridgehead atoms. The van der Waals surface area contributed by atoms with Gasteiger partial charge in [-0.05, 0) is 46.6 Å². The van der Waals surface area contributed by atoms with Crippen LogP contribution < -0.4 is 5.32 Å². The Morgan fingerprint density at radius 3 is 3.00 bits per heavy atom. The lowest BCUT2D eigenvalue weighted by Crippen LogP contribution is -2.38. The van der Waals surface area contributed by atoms with Crippen molar-refractivity contribution in [1.29, 1.82) is 0 Å². The summed E-state index contributed by atoms with van der Waals surface area (Å²) in [6.45, 7) is 1.75. The zero-order valence-electron chi connectivity index (χ0n) is 9.49. The van der Waals surface area contributed by atoms with E-state index >= 15 is 0 Å². The maximum absolute atomic E-state index is 12.4. The molecule has 2 saturated heterocycles. The number of nitrogens with zero attached hydrogens (tertiary/aromatic N) is 1. The first-order valence-electron chi connectivity index (χ1n) is 6.02. The average molecular weight is 315 g/mol. The van der Waals surface area contributed by atoms with Crippen LogP contribution in [0.3, 0.4) is 0 Å². The molecule has 3 heterocycles. The lowest BCUT2D eigenvalue weighted by Gasteiger charge is -2.23. The van der Waals surface area contributed by atoms with Gasteiger partial charge in [0.05, 0.1) is 0 Å². The number of carbonyl (C=O) groups excluding carboxylic acids is 1. The molecule has 92 valence electrons. The van der Waals surface area contributed by atoms with Crippen molar-refractivity contribution in [3.63, 3.8) is 0 Å². The van der Waals surface area contributed by atoms with E-state index < -0.39 is 0 Å². The lowest BCUT2D eigenvalue weighted by atomic mass is 10.1. The fraction of sp³-hybridized carbons (Fsp3) is 0.583. The Kier molecular flexibility index (Phi) is 3.23. The molecule has 2 unspecified atom stereocenters. The number of likely N-dealkylation sites (tertiary alicyclic amines) is 1. The summed E-state index contributed by atoms with van der Waals surface area (Å²) in [5.41, 5.74) is 0. The topological polar surface area (TPSA) is 32.3 Å². The molecule has 5 heteroatoms. The van der Waals surface area contributed by atoms with Gasteiger partial charge >= 0.3 is 0 Å². The number of rotatable bonds is 1. The molecular weight excluding hydrogens is 300 g/mol. The van der Waals surface area contributed by atoms with Gasteiger partial charge in [0, 0.05) is 29.6 Å². The highest BCUT2D eigenvalue weighted by Gasteiger charge is 2.32. The summed E-state index contributed by atoms with van der Waals surface area (Å²) < 4.78 is 0.926. The first-order chi connectivity index (χ1) is 8.24. The molecule has 2 fully saturated rings. The minimum absolute atomic E-state index is 0.182. The fourth-order valence-corrected chi connectivity index (χ4v) is 4.23. The largest absolute Gasteiger partial charge is 0.336 e. The predicted octanol–water partition coefficient (Wildman–Crippen LogP) is 2.48. The Bertz CT molecular complexity index is 434. The van der Waals surface area contributed by atoms with Gasteiger partial charge in [0.2, 0.25) is 0 Å². The van der Waals surface area contributed by atoms with Gasteiger partial charge in [0.15, 0.2) is 0 Å². The van der Waals surface area contributed by atoms with Crippen LogP contribution in [-0.2, 0) is 0 Å². The van der Waals surface area contributed by atoms with Gasteiger partial charge in [-0.1, -0.05) is 0 Å². The van der Waals surface area contributed by atoms with Crippen molar-refractivity contribution >= 4 is 33.2 Å². The highest BCUT2D eigenvalue weighted by molar-refractivity contribution is 9.10.